The Morgan fingerprint density at radius 3 is 2.56 bits per heavy atom. The van der Waals surface area contributed by atoms with Gasteiger partial charge in [-0.15, -0.1) is 11.3 Å². The summed E-state index contributed by atoms with van der Waals surface area (Å²) in [7, 11) is 0. The Labute approximate surface area is 117 Å². The van der Waals surface area contributed by atoms with Crippen LogP contribution in [0.4, 0.5) is 0 Å². The molecule has 0 fully saturated rings. The third-order valence-corrected chi connectivity index (χ3v) is 3.94. The van der Waals surface area contributed by atoms with Crippen molar-refractivity contribution in [3.8, 4) is 0 Å². The van der Waals surface area contributed by atoms with Gasteiger partial charge in [0, 0.05) is 11.0 Å². The molecule has 1 heterocycles. The van der Waals surface area contributed by atoms with Crippen molar-refractivity contribution in [3.05, 3.63) is 72.5 Å². The average molecular weight is 324 g/mol. The molecule has 1 aromatic heterocycles. The maximum absolute atomic E-state index is 11.0. The van der Waals surface area contributed by atoms with Crippen molar-refractivity contribution < 1.29 is 4.92 Å². The number of nitrogens with zero attached hydrogens (tertiary/aromatic N) is 1. The minimum atomic E-state index is -0.319. The van der Waals surface area contributed by atoms with Crippen LogP contribution in [0.25, 0.3) is 6.08 Å². The molecular formula is C13H10BrNO2S. The van der Waals surface area contributed by atoms with E-state index >= 15 is 0 Å². The molecule has 0 aliphatic carbocycles. The molecule has 0 aliphatic heterocycles. The van der Waals surface area contributed by atoms with Crippen LogP contribution >= 0.6 is 27.3 Å². The van der Waals surface area contributed by atoms with Crippen molar-refractivity contribution in [1.29, 1.82) is 0 Å². The zero-order valence-electron chi connectivity index (χ0n) is 9.38. The molecular weight excluding hydrogens is 314 g/mol. The van der Waals surface area contributed by atoms with Gasteiger partial charge in [0.05, 0.1) is 15.1 Å². The molecule has 0 saturated heterocycles. The topological polar surface area (TPSA) is 43.1 Å². The van der Waals surface area contributed by atoms with Gasteiger partial charge in [0.1, 0.15) is 0 Å². The molecule has 18 heavy (non-hydrogen) atoms. The SMILES string of the molecule is O=[N+]([O-])C(=Cc1ccc(Br)s1)Cc1ccccc1. The van der Waals surface area contributed by atoms with Crippen LogP contribution in [-0.4, -0.2) is 4.92 Å². The third kappa shape index (κ3) is 3.51. The van der Waals surface area contributed by atoms with Gasteiger partial charge in [0.25, 0.3) is 5.70 Å². The summed E-state index contributed by atoms with van der Waals surface area (Å²) in [5.41, 5.74) is 1.15. The summed E-state index contributed by atoms with van der Waals surface area (Å²) in [6.07, 6.45) is 1.96. The normalized spacial score (nSPS) is 11.5. The summed E-state index contributed by atoms with van der Waals surface area (Å²) in [6.45, 7) is 0. The highest BCUT2D eigenvalue weighted by Gasteiger charge is 2.12. The van der Waals surface area contributed by atoms with Gasteiger partial charge in [-0.2, -0.15) is 0 Å². The van der Waals surface area contributed by atoms with E-state index in [-0.39, 0.29) is 10.6 Å². The van der Waals surface area contributed by atoms with Gasteiger partial charge in [0.15, 0.2) is 0 Å². The van der Waals surface area contributed by atoms with Gasteiger partial charge in [-0.1, -0.05) is 30.3 Å². The smallest absolute Gasteiger partial charge is 0.252 e. The van der Waals surface area contributed by atoms with E-state index < -0.39 is 0 Å². The molecule has 0 amide bonds. The highest BCUT2D eigenvalue weighted by Crippen LogP contribution is 2.25. The lowest BCUT2D eigenvalue weighted by molar-refractivity contribution is -0.425. The van der Waals surface area contributed by atoms with Crippen molar-refractivity contribution in [3.63, 3.8) is 0 Å². The van der Waals surface area contributed by atoms with Crippen LogP contribution in [0.3, 0.4) is 0 Å². The molecule has 0 aliphatic rings. The first-order chi connectivity index (χ1) is 8.65. The predicted molar refractivity (Wildman–Crippen MR) is 77.1 cm³/mol. The number of hydrogen-bond donors (Lipinski definition) is 0. The predicted octanol–water partition coefficient (Wildman–Crippen LogP) is 4.37. The summed E-state index contributed by atoms with van der Waals surface area (Å²) < 4.78 is 0.969. The van der Waals surface area contributed by atoms with E-state index in [0.29, 0.717) is 6.42 Å². The van der Waals surface area contributed by atoms with E-state index in [1.165, 1.54) is 11.3 Å². The van der Waals surface area contributed by atoms with Gasteiger partial charge >= 0.3 is 0 Å². The van der Waals surface area contributed by atoms with Gasteiger partial charge in [-0.05, 0) is 33.6 Å². The lowest BCUT2D eigenvalue weighted by Gasteiger charge is -1.98. The summed E-state index contributed by atoms with van der Waals surface area (Å²) in [4.78, 5) is 11.6. The van der Waals surface area contributed by atoms with Crippen molar-refractivity contribution in [1.82, 2.24) is 0 Å². The number of halogens is 1. The second-order valence-corrected chi connectivity index (χ2v) is 6.19. The number of rotatable bonds is 4. The molecule has 0 spiro atoms. The first-order valence-electron chi connectivity index (χ1n) is 5.29. The molecule has 0 N–H and O–H groups in total. The molecule has 2 rings (SSSR count). The standard InChI is InChI=1S/C13H10BrNO2S/c14-13-7-6-12(18-13)9-11(15(16)17)8-10-4-2-1-3-5-10/h1-7,9H,8H2. The van der Waals surface area contributed by atoms with Gasteiger partial charge < -0.3 is 0 Å². The van der Waals surface area contributed by atoms with Crippen molar-refractivity contribution in [2.75, 3.05) is 0 Å². The molecule has 92 valence electrons. The monoisotopic (exact) mass is 323 g/mol. The number of thiophene rings is 1. The highest BCUT2D eigenvalue weighted by molar-refractivity contribution is 9.11. The van der Waals surface area contributed by atoms with E-state index in [9.17, 15) is 10.1 Å². The summed E-state index contributed by atoms with van der Waals surface area (Å²) in [5.74, 6) is 0. The number of benzene rings is 1. The van der Waals surface area contributed by atoms with Crippen molar-refractivity contribution >= 4 is 33.3 Å². The van der Waals surface area contributed by atoms with Crippen molar-refractivity contribution in [2.45, 2.75) is 6.42 Å². The third-order valence-electron chi connectivity index (χ3n) is 2.37. The summed E-state index contributed by atoms with van der Waals surface area (Å²) in [5, 5.41) is 11.0. The fraction of sp³-hybridized carbons (Fsp3) is 0.0769. The number of hydrogen-bond acceptors (Lipinski definition) is 3. The Morgan fingerprint density at radius 2 is 2.00 bits per heavy atom. The van der Waals surface area contributed by atoms with Gasteiger partial charge in [0.2, 0.25) is 0 Å². The van der Waals surface area contributed by atoms with Crippen LogP contribution in [0, 0.1) is 10.1 Å². The van der Waals surface area contributed by atoms with Gasteiger partial charge in [-0.25, -0.2) is 0 Å². The Hall–Kier alpha value is -1.46. The largest absolute Gasteiger partial charge is 0.259 e. The maximum Gasteiger partial charge on any atom is 0.252 e. The van der Waals surface area contributed by atoms with E-state index in [4.69, 9.17) is 0 Å². The minimum absolute atomic E-state index is 0.204. The number of allylic oxidation sites excluding steroid dienone is 1. The fourth-order valence-corrected chi connectivity index (χ4v) is 2.93. The van der Waals surface area contributed by atoms with E-state index in [1.54, 1.807) is 6.08 Å². The molecule has 1 aromatic carbocycles. The molecule has 5 heteroatoms. The minimum Gasteiger partial charge on any atom is -0.259 e. The second-order valence-electron chi connectivity index (χ2n) is 3.70. The zero-order valence-corrected chi connectivity index (χ0v) is 11.8. The zero-order chi connectivity index (χ0) is 13.0. The average Bonchev–Trinajstić information content (AvgIpc) is 2.75. The molecule has 0 atom stereocenters. The molecule has 0 radical (unpaired) electrons. The highest BCUT2D eigenvalue weighted by atomic mass is 79.9. The Balaban J connectivity index is 2.24. The molecule has 0 saturated carbocycles. The van der Waals surface area contributed by atoms with E-state index in [2.05, 4.69) is 15.9 Å². The van der Waals surface area contributed by atoms with Crippen LogP contribution in [0.15, 0.2) is 51.9 Å². The van der Waals surface area contributed by atoms with E-state index in [0.717, 1.165) is 14.2 Å². The summed E-state index contributed by atoms with van der Waals surface area (Å²) in [6, 6.07) is 13.2. The van der Waals surface area contributed by atoms with Crippen LogP contribution < -0.4 is 0 Å². The maximum atomic E-state index is 11.0. The second kappa shape index (κ2) is 5.93. The van der Waals surface area contributed by atoms with Crippen LogP contribution in [0.1, 0.15) is 10.4 Å². The van der Waals surface area contributed by atoms with E-state index in [1.807, 2.05) is 42.5 Å². The van der Waals surface area contributed by atoms with Crippen LogP contribution in [0.5, 0.6) is 0 Å². The lowest BCUT2D eigenvalue weighted by atomic mass is 10.1. The fourth-order valence-electron chi connectivity index (χ4n) is 1.54. The Kier molecular flexibility index (Phi) is 4.28. The molecule has 2 aromatic rings. The number of nitro groups is 1. The molecule has 3 nitrogen and oxygen atoms in total. The first kappa shape index (κ1) is 13.0. The first-order valence-corrected chi connectivity index (χ1v) is 6.90. The molecule has 0 unspecified atom stereocenters. The Bertz CT molecular complexity index is 578. The van der Waals surface area contributed by atoms with Crippen LogP contribution in [0.2, 0.25) is 0 Å². The van der Waals surface area contributed by atoms with Crippen molar-refractivity contribution in [2.24, 2.45) is 0 Å². The lowest BCUT2D eigenvalue weighted by Crippen LogP contribution is -2.01. The Morgan fingerprint density at radius 1 is 1.28 bits per heavy atom. The van der Waals surface area contributed by atoms with Crippen LogP contribution in [-0.2, 0) is 6.42 Å². The summed E-state index contributed by atoms with van der Waals surface area (Å²) >= 11 is 4.83. The quantitative estimate of drug-likeness (QED) is 0.619. The molecule has 0 bridgehead atoms. The van der Waals surface area contributed by atoms with Gasteiger partial charge in [-0.3, -0.25) is 10.1 Å².